The first kappa shape index (κ1) is 27.3. The van der Waals surface area contributed by atoms with Crippen molar-refractivity contribution in [2.24, 2.45) is 23.3 Å². The number of likely N-dealkylation sites (tertiary alicyclic amines) is 1. The van der Waals surface area contributed by atoms with Crippen molar-refractivity contribution in [3.05, 3.63) is 0 Å². The zero-order chi connectivity index (χ0) is 24.6. The van der Waals surface area contributed by atoms with E-state index in [2.05, 4.69) is 10.6 Å². The standard InChI is InChI=1S/C21H37N5O6/c1-5-12(4)17(21(31)32)25-19(29)16(11(2)3)24-18(28)14-7-6-10-26(14)20(30)13(22)8-9-15(23)27/h11-14,16-17H,5-10,22H2,1-4H3,(H2,23,27)(H,24,28)(H,25,29)(H,31,32). The minimum absolute atomic E-state index is 0.0336. The average molecular weight is 456 g/mol. The van der Waals surface area contributed by atoms with E-state index in [9.17, 15) is 29.1 Å². The molecule has 0 radical (unpaired) electrons. The molecular formula is C21H37N5O6. The molecule has 1 fully saturated rings. The molecule has 0 aliphatic carbocycles. The van der Waals surface area contributed by atoms with Crippen LogP contribution in [-0.4, -0.2) is 70.3 Å². The summed E-state index contributed by atoms with van der Waals surface area (Å²) in [4.78, 5) is 62.3. The van der Waals surface area contributed by atoms with Crippen LogP contribution in [-0.2, 0) is 24.0 Å². The average Bonchev–Trinajstić information content (AvgIpc) is 3.21. The van der Waals surface area contributed by atoms with Gasteiger partial charge in [-0.15, -0.1) is 0 Å². The molecule has 11 heteroatoms. The van der Waals surface area contributed by atoms with Crippen LogP contribution < -0.4 is 22.1 Å². The van der Waals surface area contributed by atoms with Gasteiger partial charge in [0.05, 0.1) is 6.04 Å². The number of carboxylic acid groups (broad SMARTS) is 1. The van der Waals surface area contributed by atoms with Crippen LogP contribution >= 0.6 is 0 Å². The molecule has 4 amide bonds. The molecule has 0 aromatic carbocycles. The maximum absolute atomic E-state index is 13.0. The van der Waals surface area contributed by atoms with Crippen LogP contribution in [0.15, 0.2) is 0 Å². The lowest BCUT2D eigenvalue weighted by Gasteiger charge is -2.30. The summed E-state index contributed by atoms with van der Waals surface area (Å²) < 4.78 is 0. The van der Waals surface area contributed by atoms with E-state index in [0.717, 1.165) is 0 Å². The van der Waals surface area contributed by atoms with Crippen molar-refractivity contribution in [3.63, 3.8) is 0 Å². The Labute approximate surface area is 188 Å². The fourth-order valence-electron chi connectivity index (χ4n) is 3.65. The zero-order valence-corrected chi connectivity index (χ0v) is 19.3. The molecule has 1 heterocycles. The van der Waals surface area contributed by atoms with Gasteiger partial charge in [0.15, 0.2) is 0 Å². The largest absolute Gasteiger partial charge is 0.480 e. The smallest absolute Gasteiger partial charge is 0.326 e. The van der Waals surface area contributed by atoms with Crippen molar-refractivity contribution < 1.29 is 29.1 Å². The monoisotopic (exact) mass is 455 g/mol. The Kier molecular flexibility index (Phi) is 10.6. The molecule has 1 aliphatic rings. The lowest BCUT2D eigenvalue weighted by Crippen LogP contribution is -2.58. The van der Waals surface area contributed by atoms with Gasteiger partial charge in [-0.1, -0.05) is 34.1 Å². The third kappa shape index (κ3) is 7.47. The van der Waals surface area contributed by atoms with Gasteiger partial charge >= 0.3 is 5.97 Å². The third-order valence-electron chi connectivity index (χ3n) is 5.88. The number of nitrogens with zero attached hydrogens (tertiary/aromatic N) is 1. The van der Waals surface area contributed by atoms with Gasteiger partial charge in [0.2, 0.25) is 23.6 Å². The molecule has 0 saturated carbocycles. The van der Waals surface area contributed by atoms with E-state index in [0.29, 0.717) is 25.8 Å². The summed E-state index contributed by atoms with van der Waals surface area (Å²) in [7, 11) is 0. The number of carboxylic acids is 1. The van der Waals surface area contributed by atoms with Crippen LogP contribution in [0.2, 0.25) is 0 Å². The molecule has 5 unspecified atom stereocenters. The van der Waals surface area contributed by atoms with Crippen LogP contribution in [0.25, 0.3) is 0 Å². The first-order valence-corrected chi connectivity index (χ1v) is 11.1. The minimum Gasteiger partial charge on any atom is -0.480 e. The highest BCUT2D eigenvalue weighted by atomic mass is 16.4. The van der Waals surface area contributed by atoms with Crippen LogP contribution in [0, 0.1) is 11.8 Å². The highest BCUT2D eigenvalue weighted by molar-refractivity contribution is 5.94. The number of hydrogen-bond acceptors (Lipinski definition) is 6. The van der Waals surface area contributed by atoms with Gasteiger partial charge in [-0.2, -0.15) is 0 Å². The van der Waals surface area contributed by atoms with E-state index < -0.39 is 53.8 Å². The second-order valence-corrected chi connectivity index (χ2v) is 8.74. The number of carbonyl (C=O) groups is 5. The molecular weight excluding hydrogens is 418 g/mol. The van der Waals surface area contributed by atoms with Gasteiger partial charge in [0, 0.05) is 13.0 Å². The predicted molar refractivity (Wildman–Crippen MR) is 117 cm³/mol. The quantitative estimate of drug-likeness (QED) is 0.258. The summed E-state index contributed by atoms with van der Waals surface area (Å²) >= 11 is 0. The molecule has 7 N–H and O–H groups in total. The Morgan fingerprint density at radius 3 is 2.22 bits per heavy atom. The Morgan fingerprint density at radius 2 is 1.72 bits per heavy atom. The van der Waals surface area contributed by atoms with Crippen LogP contribution in [0.4, 0.5) is 0 Å². The van der Waals surface area contributed by atoms with Gasteiger partial charge in [0.25, 0.3) is 0 Å². The second kappa shape index (κ2) is 12.4. The fourth-order valence-corrected chi connectivity index (χ4v) is 3.65. The molecule has 0 aromatic rings. The lowest BCUT2D eigenvalue weighted by atomic mass is 9.97. The second-order valence-electron chi connectivity index (χ2n) is 8.74. The van der Waals surface area contributed by atoms with E-state index in [4.69, 9.17) is 11.5 Å². The minimum atomic E-state index is -1.14. The topological polar surface area (TPSA) is 185 Å². The summed E-state index contributed by atoms with van der Waals surface area (Å²) in [5.74, 6) is -3.83. The SMILES string of the molecule is CCC(C)C(NC(=O)C(NC(=O)C1CCCN1C(=O)C(N)CCC(N)=O)C(C)C)C(=O)O. The van der Waals surface area contributed by atoms with E-state index in [-0.39, 0.29) is 24.7 Å². The Morgan fingerprint density at radius 1 is 1.09 bits per heavy atom. The number of hydrogen-bond donors (Lipinski definition) is 5. The summed E-state index contributed by atoms with van der Waals surface area (Å²) in [6.45, 7) is 7.37. The number of carbonyl (C=O) groups excluding carboxylic acids is 4. The summed E-state index contributed by atoms with van der Waals surface area (Å²) in [6, 6.07) is -3.78. The molecule has 1 rings (SSSR count). The van der Waals surface area contributed by atoms with Crippen LogP contribution in [0.3, 0.4) is 0 Å². The van der Waals surface area contributed by atoms with Crippen molar-refractivity contribution in [1.29, 1.82) is 0 Å². The molecule has 5 atom stereocenters. The van der Waals surface area contributed by atoms with E-state index in [1.807, 2.05) is 6.92 Å². The zero-order valence-electron chi connectivity index (χ0n) is 19.3. The predicted octanol–water partition coefficient (Wildman–Crippen LogP) is -0.673. The number of nitrogens with two attached hydrogens (primary N) is 2. The highest BCUT2D eigenvalue weighted by Gasteiger charge is 2.38. The van der Waals surface area contributed by atoms with Gasteiger partial charge in [0.1, 0.15) is 18.1 Å². The first-order chi connectivity index (χ1) is 14.9. The molecule has 1 saturated heterocycles. The number of aliphatic carboxylic acids is 1. The van der Waals surface area contributed by atoms with Crippen molar-refractivity contribution in [2.75, 3.05) is 6.54 Å². The van der Waals surface area contributed by atoms with Crippen molar-refractivity contribution >= 4 is 29.6 Å². The highest BCUT2D eigenvalue weighted by Crippen LogP contribution is 2.20. The molecule has 0 aromatic heterocycles. The van der Waals surface area contributed by atoms with E-state index >= 15 is 0 Å². The molecule has 0 bridgehead atoms. The van der Waals surface area contributed by atoms with Crippen LogP contribution in [0.1, 0.15) is 59.8 Å². The van der Waals surface area contributed by atoms with Gasteiger partial charge in [-0.05, 0) is 31.1 Å². The molecule has 1 aliphatic heterocycles. The Bertz CT molecular complexity index is 713. The molecule has 11 nitrogen and oxygen atoms in total. The van der Waals surface area contributed by atoms with E-state index in [1.165, 1.54) is 4.90 Å². The Hall–Kier alpha value is -2.69. The van der Waals surface area contributed by atoms with Gasteiger partial charge in [-0.25, -0.2) is 4.79 Å². The van der Waals surface area contributed by atoms with Gasteiger partial charge < -0.3 is 32.1 Å². The molecule has 182 valence electrons. The number of rotatable bonds is 12. The van der Waals surface area contributed by atoms with Crippen molar-refractivity contribution in [1.82, 2.24) is 15.5 Å². The van der Waals surface area contributed by atoms with E-state index in [1.54, 1.807) is 20.8 Å². The number of amides is 4. The summed E-state index contributed by atoms with van der Waals surface area (Å²) in [5.41, 5.74) is 11.0. The van der Waals surface area contributed by atoms with Crippen molar-refractivity contribution in [3.8, 4) is 0 Å². The number of nitrogens with one attached hydrogen (secondary N) is 2. The van der Waals surface area contributed by atoms with Crippen molar-refractivity contribution in [2.45, 2.75) is 84.0 Å². The lowest BCUT2D eigenvalue weighted by molar-refractivity contribution is -0.144. The van der Waals surface area contributed by atoms with Gasteiger partial charge in [-0.3, -0.25) is 19.2 Å². The van der Waals surface area contributed by atoms with Crippen LogP contribution in [0.5, 0.6) is 0 Å². The third-order valence-corrected chi connectivity index (χ3v) is 5.88. The Balaban J connectivity index is 2.88. The number of primary amides is 1. The molecule has 0 spiro atoms. The summed E-state index contributed by atoms with van der Waals surface area (Å²) in [6.07, 6.45) is 1.62. The maximum atomic E-state index is 13.0. The normalized spacial score (nSPS) is 19.7. The summed E-state index contributed by atoms with van der Waals surface area (Å²) in [5, 5.41) is 14.6. The molecule has 32 heavy (non-hydrogen) atoms. The fraction of sp³-hybridized carbons (Fsp3) is 0.762. The maximum Gasteiger partial charge on any atom is 0.326 e. The first-order valence-electron chi connectivity index (χ1n) is 11.1.